The summed E-state index contributed by atoms with van der Waals surface area (Å²) in [6.45, 7) is 4.01. The molecule has 0 aromatic carbocycles. The number of hydrogen-bond donors (Lipinski definition) is 1. The molecule has 0 saturated carbocycles. The average Bonchev–Trinajstić information content (AvgIpc) is 1.97. The number of aromatic amines is 1. The zero-order valence-corrected chi connectivity index (χ0v) is 7.53. The first-order valence-corrected chi connectivity index (χ1v) is 3.97. The molecular formula is C9H11NS. The van der Waals surface area contributed by atoms with Crippen molar-refractivity contribution in [1.29, 1.82) is 0 Å². The van der Waals surface area contributed by atoms with Crippen LogP contribution in [-0.2, 0) is 0 Å². The van der Waals surface area contributed by atoms with Crippen LogP contribution < -0.4 is 0 Å². The molecule has 0 fully saturated rings. The Hall–Kier alpha value is -0.890. The Labute approximate surface area is 71.8 Å². The van der Waals surface area contributed by atoms with Crippen molar-refractivity contribution in [2.45, 2.75) is 13.8 Å². The second-order valence-electron chi connectivity index (χ2n) is 2.38. The molecule has 0 aliphatic rings. The van der Waals surface area contributed by atoms with Gasteiger partial charge in [0.2, 0.25) is 0 Å². The third-order valence-corrected chi connectivity index (χ3v) is 1.89. The minimum Gasteiger partial charge on any atom is -0.365 e. The van der Waals surface area contributed by atoms with Crippen molar-refractivity contribution in [1.82, 2.24) is 4.98 Å². The van der Waals surface area contributed by atoms with Gasteiger partial charge in [0.05, 0.1) is 0 Å². The fourth-order valence-electron chi connectivity index (χ4n) is 0.968. The second-order valence-corrected chi connectivity index (χ2v) is 2.82. The minimum absolute atomic E-state index is 0.902. The van der Waals surface area contributed by atoms with E-state index in [0.717, 1.165) is 15.8 Å². The number of aromatic nitrogens is 1. The smallest absolute Gasteiger partial charge is 0.0481 e. The van der Waals surface area contributed by atoms with Gasteiger partial charge in [-0.2, -0.15) is 0 Å². The monoisotopic (exact) mass is 165 g/mol. The average molecular weight is 165 g/mol. The van der Waals surface area contributed by atoms with Crippen molar-refractivity contribution >= 4 is 18.3 Å². The van der Waals surface area contributed by atoms with Gasteiger partial charge < -0.3 is 4.98 Å². The molecule has 0 aliphatic carbocycles. The molecule has 1 nitrogen and oxygen atoms in total. The highest BCUT2D eigenvalue weighted by atomic mass is 32.1. The van der Waals surface area contributed by atoms with Crippen molar-refractivity contribution < 1.29 is 0 Å². The number of hydrogen-bond acceptors (Lipinski definition) is 1. The fourth-order valence-corrected chi connectivity index (χ4v) is 1.26. The molecule has 2 heteroatoms. The molecule has 1 rings (SSSR count). The molecule has 11 heavy (non-hydrogen) atoms. The molecule has 58 valence electrons. The zero-order valence-electron chi connectivity index (χ0n) is 6.72. The summed E-state index contributed by atoms with van der Waals surface area (Å²) in [4.78, 5) is 3.11. The lowest BCUT2D eigenvalue weighted by Gasteiger charge is -1.98. The molecule has 0 spiro atoms. The SMILES string of the molecule is C/C=C\c1c(C)[nH]ccc1=S. The van der Waals surface area contributed by atoms with E-state index < -0.39 is 0 Å². The maximum atomic E-state index is 5.13. The summed E-state index contributed by atoms with van der Waals surface area (Å²) >= 11 is 5.13. The van der Waals surface area contributed by atoms with E-state index in [9.17, 15) is 0 Å². The Morgan fingerprint density at radius 1 is 1.55 bits per heavy atom. The van der Waals surface area contributed by atoms with Crippen LogP contribution in [0.2, 0.25) is 0 Å². The van der Waals surface area contributed by atoms with Crippen LogP contribution in [0, 0.1) is 11.4 Å². The van der Waals surface area contributed by atoms with Gasteiger partial charge >= 0.3 is 0 Å². The molecular weight excluding hydrogens is 154 g/mol. The molecule has 1 heterocycles. The molecule has 1 N–H and O–H groups in total. The zero-order chi connectivity index (χ0) is 8.27. The van der Waals surface area contributed by atoms with E-state index in [4.69, 9.17) is 12.2 Å². The molecule has 0 unspecified atom stereocenters. The highest BCUT2D eigenvalue weighted by Crippen LogP contribution is 2.08. The normalized spacial score (nSPS) is 10.7. The van der Waals surface area contributed by atoms with Crippen molar-refractivity contribution in [3.8, 4) is 0 Å². The van der Waals surface area contributed by atoms with Gasteiger partial charge in [0.25, 0.3) is 0 Å². The van der Waals surface area contributed by atoms with Crippen LogP contribution in [-0.4, -0.2) is 4.98 Å². The van der Waals surface area contributed by atoms with Crippen LogP contribution in [0.3, 0.4) is 0 Å². The van der Waals surface area contributed by atoms with Gasteiger partial charge in [0.15, 0.2) is 0 Å². The maximum Gasteiger partial charge on any atom is 0.0481 e. The van der Waals surface area contributed by atoms with Gasteiger partial charge in [0, 0.05) is 22.0 Å². The Morgan fingerprint density at radius 2 is 2.27 bits per heavy atom. The number of H-pyrrole nitrogens is 1. The van der Waals surface area contributed by atoms with Crippen molar-refractivity contribution in [2.24, 2.45) is 0 Å². The van der Waals surface area contributed by atoms with E-state index in [2.05, 4.69) is 4.98 Å². The molecule has 1 aromatic heterocycles. The summed E-state index contributed by atoms with van der Waals surface area (Å²) in [6, 6.07) is 1.90. The van der Waals surface area contributed by atoms with Gasteiger partial charge in [-0.25, -0.2) is 0 Å². The molecule has 0 atom stereocenters. The largest absolute Gasteiger partial charge is 0.365 e. The summed E-state index contributed by atoms with van der Waals surface area (Å²) < 4.78 is 0.902. The van der Waals surface area contributed by atoms with Crippen LogP contribution >= 0.6 is 12.2 Å². The number of rotatable bonds is 1. The van der Waals surface area contributed by atoms with Crippen molar-refractivity contribution in [3.05, 3.63) is 34.1 Å². The lowest BCUT2D eigenvalue weighted by molar-refractivity contribution is 1.18. The quantitative estimate of drug-likeness (QED) is 0.632. The molecule has 0 radical (unpaired) electrons. The van der Waals surface area contributed by atoms with Gasteiger partial charge in [-0.3, -0.25) is 0 Å². The molecule has 0 saturated heterocycles. The van der Waals surface area contributed by atoms with Crippen molar-refractivity contribution in [2.75, 3.05) is 0 Å². The summed E-state index contributed by atoms with van der Waals surface area (Å²) in [5.41, 5.74) is 2.24. The topological polar surface area (TPSA) is 15.8 Å². The summed E-state index contributed by atoms with van der Waals surface area (Å²) in [5.74, 6) is 0. The van der Waals surface area contributed by atoms with Crippen LogP contribution in [0.4, 0.5) is 0 Å². The highest BCUT2D eigenvalue weighted by Gasteiger charge is 1.93. The predicted molar refractivity (Wildman–Crippen MR) is 51.1 cm³/mol. The van der Waals surface area contributed by atoms with E-state index in [-0.39, 0.29) is 0 Å². The predicted octanol–water partition coefficient (Wildman–Crippen LogP) is 3.09. The highest BCUT2D eigenvalue weighted by molar-refractivity contribution is 7.71. The van der Waals surface area contributed by atoms with Crippen LogP contribution in [0.5, 0.6) is 0 Å². The van der Waals surface area contributed by atoms with Crippen molar-refractivity contribution in [3.63, 3.8) is 0 Å². The molecule has 0 amide bonds. The first-order valence-electron chi connectivity index (χ1n) is 3.56. The maximum absolute atomic E-state index is 5.13. The van der Waals surface area contributed by atoms with Crippen LogP contribution in [0.1, 0.15) is 18.2 Å². The number of nitrogens with one attached hydrogen (secondary N) is 1. The van der Waals surface area contributed by atoms with Crippen LogP contribution in [0.15, 0.2) is 18.3 Å². The molecule has 0 bridgehead atoms. The van der Waals surface area contributed by atoms with Gasteiger partial charge in [-0.15, -0.1) is 0 Å². The lowest BCUT2D eigenvalue weighted by atomic mass is 10.2. The number of aryl methyl sites for hydroxylation is 1. The fraction of sp³-hybridized carbons (Fsp3) is 0.222. The molecule has 1 aromatic rings. The van der Waals surface area contributed by atoms with E-state index >= 15 is 0 Å². The summed E-state index contributed by atoms with van der Waals surface area (Å²) in [6.07, 6.45) is 5.88. The Kier molecular flexibility index (Phi) is 2.60. The van der Waals surface area contributed by atoms with Gasteiger partial charge in [0.1, 0.15) is 0 Å². The standard InChI is InChI=1S/C9H11NS/c1-3-4-8-7(2)10-6-5-9(8)11/h3-6H,1-2H3,(H,10,11)/b4-3-. The number of allylic oxidation sites excluding steroid dienone is 1. The molecule has 0 aliphatic heterocycles. The number of pyridine rings is 1. The third kappa shape index (κ3) is 1.77. The first kappa shape index (κ1) is 8.21. The minimum atomic E-state index is 0.902. The van der Waals surface area contributed by atoms with Crippen LogP contribution in [0.25, 0.3) is 6.08 Å². The Bertz CT molecular complexity index is 323. The van der Waals surface area contributed by atoms with Gasteiger partial charge in [-0.1, -0.05) is 24.4 Å². The third-order valence-electron chi connectivity index (χ3n) is 1.54. The Balaban J connectivity index is 3.32. The summed E-state index contributed by atoms with van der Waals surface area (Å²) in [5, 5.41) is 0. The Morgan fingerprint density at radius 3 is 2.82 bits per heavy atom. The summed E-state index contributed by atoms with van der Waals surface area (Å²) in [7, 11) is 0. The van der Waals surface area contributed by atoms with E-state index in [1.54, 1.807) is 0 Å². The lowest BCUT2D eigenvalue weighted by Crippen LogP contribution is -1.85. The van der Waals surface area contributed by atoms with E-state index in [1.807, 2.05) is 38.3 Å². The second kappa shape index (κ2) is 3.49. The van der Waals surface area contributed by atoms with Gasteiger partial charge in [-0.05, 0) is 19.9 Å². The van der Waals surface area contributed by atoms with E-state index in [0.29, 0.717) is 0 Å². The first-order chi connectivity index (χ1) is 5.25. The van der Waals surface area contributed by atoms with E-state index in [1.165, 1.54) is 0 Å².